The zero-order valence-corrected chi connectivity index (χ0v) is 18.1. The fourth-order valence-electron chi connectivity index (χ4n) is 3.47. The molecule has 0 aliphatic rings. The third-order valence-electron chi connectivity index (χ3n) is 5.34. The van der Waals surface area contributed by atoms with E-state index in [9.17, 15) is 14.0 Å². The largest absolute Gasteiger partial charge is 0.348 e. The van der Waals surface area contributed by atoms with Gasteiger partial charge in [0, 0.05) is 36.7 Å². The number of aryl methyl sites for hydroxylation is 1. The summed E-state index contributed by atoms with van der Waals surface area (Å²) in [6, 6.07) is 18.7. The van der Waals surface area contributed by atoms with Crippen LogP contribution in [0, 0.1) is 12.7 Å². The van der Waals surface area contributed by atoms with Gasteiger partial charge >= 0.3 is 0 Å². The molecule has 0 saturated heterocycles. The minimum absolute atomic E-state index is 0.0544. The summed E-state index contributed by atoms with van der Waals surface area (Å²) in [5.41, 5.74) is 3.65. The highest BCUT2D eigenvalue weighted by Crippen LogP contribution is 2.19. The maximum absolute atomic E-state index is 13.9. The van der Waals surface area contributed by atoms with Gasteiger partial charge in [0.15, 0.2) is 0 Å². The Morgan fingerprint density at radius 1 is 0.970 bits per heavy atom. The number of anilines is 1. The number of rotatable bonds is 7. The topological polar surface area (TPSA) is 76.0 Å². The summed E-state index contributed by atoms with van der Waals surface area (Å²) in [4.78, 5) is 29.4. The second kappa shape index (κ2) is 9.91. The highest BCUT2D eigenvalue weighted by atomic mass is 19.1. The maximum atomic E-state index is 13.9. The van der Waals surface area contributed by atoms with E-state index in [1.54, 1.807) is 36.8 Å². The monoisotopic (exact) mass is 442 g/mol. The molecule has 1 aromatic heterocycles. The first kappa shape index (κ1) is 22.0. The van der Waals surface area contributed by atoms with Crippen LogP contribution in [0.1, 0.15) is 37.4 Å². The number of nitrogens with zero attached hydrogens (tertiary/aromatic N) is 2. The molecule has 0 saturated carbocycles. The van der Waals surface area contributed by atoms with Gasteiger partial charge in [-0.25, -0.2) is 9.37 Å². The fraction of sp³-hybridized carbons (Fsp3) is 0.115. The lowest BCUT2D eigenvalue weighted by Crippen LogP contribution is -2.24. The van der Waals surface area contributed by atoms with Crippen molar-refractivity contribution in [3.8, 4) is 0 Å². The van der Waals surface area contributed by atoms with Crippen molar-refractivity contribution in [2.45, 2.75) is 20.0 Å². The second-order valence-corrected chi connectivity index (χ2v) is 7.65. The Morgan fingerprint density at radius 3 is 2.48 bits per heavy atom. The lowest BCUT2D eigenvalue weighted by atomic mass is 10.1. The SMILES string of the molecule is Cc1ccc(C(=O)NCc2ccccc2Cn2ccnc2)cc1NC(=O)c1ccccc1F. The van der Waals surface area contributed by atoms with E-state index in [0.29, 0.717) is 24.3 Å². The summed E-state index contributed by atoms with van der Waals surface area (Å²) in [5.74, 6) is -1.44. The maximum Gasteiger partial charge on any atom is 0.258 e. The predicted molar refractivity (Wildman–Crippen MR) is 124 cm³/mol. The number of hydrogen-bond donors (Lipinski definition) is 2. The molecule has 0 fully saturated rings. The molecular weight excluding hydrogens is 419 g/mol. The molecule has 6 nitrogen and oxygen atoms in total. The molecule has 0 aliphatic carbocycles. The van der Waals surface area contributed by atoms with E-state index < -0.39 is 11.7 Å². The summed E-state index contributed by atoms with van der Waals surface area (Å²) in [6.07, 6.45) is 5.36. The Balaban J connectivity index is 1.45. The van der Waals surface area contributed by atoms with Gasteiger partial charge in [-0.3, -0.25) is 9.59 Å². The first-order valence-corrected chi connectivity index (χ1v) is 10.5. The van der Waals surface area contributed by atoms with Crippen molar-refractivity contribution in [2.75, 3.05) is 5.32 Å². The smallest absolute Gasteiger partial charge is 0.258 e. The number of carbonyl (C=O) groups is 2. The molecule has 4 aromatic rings. The summed E-state index contributed by atoms with van der Waals surface area (Å²) >= 11 is 0. The van der Waals surface area contributed by atoms with E-state index >= 15 is 0 Å². The molecule has 4 rings (SSSR count). The normalized spacial score (nSPS) is 10.6. The van der Waals surface area contributed by atoms with Crippen LogP contribution in [0.15, 0.2) is 85.5 Å². The number of aromatic nitrogens is 2. The molecule has 2 amide bonds. The molecule has 0 unspecified atom stereocenters. The lowest BCUT2D eigenvalue weighted by molar-refractivity contribution is 0.0949. The lowest BCUT2D eigenvalue weighted by Gasteiger charge is -2.13. The van der Waals surface area contributed by atoms with Gasteiger partial charge in [-0.15, -0.1) is 0 Å². The van der Waals surface area contributed by atoms with E-state index in [1.807, 2.05) is 42.0 Å². The Hall–Kier alpha value is -4.26. The van der Waals surface area contributed by atoms with Crippen molar-refractivity contribution in [3.63, 3.8) is 0 Å². The molecule has 0 spiro atoms. The molecule has 0 bridgehead atoms. The molecule has 33 heavy (non-hydrogen) atoms. The van der Waals surface area contributed by atoms with Gasteiger partial charge in [0.05, 0.1) is 11.9 Å². The number of nitrogens with one attached hydrogen (secondary N) is 2. The average molecular weight is 442 g/mol. The Kier molecular flexibility index (Phi) is 6.59. The van der Waals surface area contributed by atoms with Crippen molar-refractivity contribution in [1.29, 1.82) is 0 Å². The summed E-state index contributed by atoms with van der Waals surface area (Å²) in [5, 5.41) is 5.64. The number of carbonyl (C=O) groups excluding carboxylic acids is 2. The van der Waals surface area contributed by atoms with E-state index in [2.05, 4.69) is 15.6 Å². The van der Waals surface area contributed by atoms with Crippen molar-refractivity contribution in [2.24, 2.45) is 0 Å². The first-order chi connectivity index (χ1) is 16.0. The van der Waals surface area contributed by atoms with Crippen LogP contribution in [0.2, 0.25) is 0 Å². The van der Waals surface area contributed by atoms with Crippen LogP contribution in [-0.4, -0.2) is 21.4 Å². The Labute approximate surface area is 191 Å². The number of imidazole rings is 1. The zero-order chi connectivity index (χ0) is 23.2. The van der Waals surface area contributed by atoms with E-state index in [0.717, 1.165) is 16.7 Å². The third-order valence-corrected chi connectivity index (χ3v) is 5.34. The summed E-state index contributed by atoms with van der Waals surface area (Å²) < 4.78 is 15.9. The van der Waals surface area contributed by atoms with Crippen LogP contribution in [-0.2, 0) is 13.1 Å². The number of amides is 2. The average Bonchev–Trinajstić information content (AvgIpc) is 3.33. The fourth-order valence-corrected chi connectivity index (χ4v) is 3.47. The van der Waals surface area contributed by atoms with Gasteiger partial charge < -0.3 is 15.2 Å². The molecule has 1 heterocycles. The van der Waals surface area contributed by atoms with E-state index in [4.69, 9.17) is 0 Å². The molecule has 3 aromatic carbocycles. The summed E-state index contributed by atoms with van der Waals surface area (Å²) in [7, 11) is 0. The summed E-state index contributed by atoms with van der Waals surface area (Å²) in [6.45, 7) is 2.82. The molecule has 7 heteroatoms. The van der Waals surface area contributed by atoms with E-state index in [-0.39, 0.29) is 11.5 Å². The molecule has 2 N–H and O–H groups in total. The van der Waals surface area contributed by atoms with Crippen molar-refractivity contribution in [3.05, 3.63) is 119 Å². The number of halogens is 1. The van der Waals surface area contributed by atoms with Crippen molar-refractivity contribution >= 4 is 17.5 Å². The first-order valence-electron chi connectivity index (χ1n) is 10.5. The van der Waals surface area contributed by atoms with Crippen LogP contribution in [0.4, 0.5) is 10.1 Å². The molecule has 0 aliphatic heterocycles. The van der Waals surface area contributed by atoms with Gasteiger partial charge in [0.2, 0.25) is 0 Å². The number of benzene rings is 3. The van der Waals surface area contributed by atoms with Gasteiger partial charge in [0.1, 0.15) is 5.82 Å². The van der Waals surface area contributed by atoms with Gasteiger partial charge in [0.25, 0.3) is 11.8 Å². The highest BCUT2D eigenvalue weighted by Gasteiger charge is 2.14. The van der Waals surface area contributed by atoms with E-state index in [1.165, 1.54) is 18.2 Å². The van der Waals surface area contributed by atoms with Gasteiger partial charge in [-0.2, -0.15) is 0 Å². The second-order valence-electron chi connectivity index (χ2n) is 7.65. The Morgan fingerprint density at radius 2 is 1.73 bits per heavy atom. The third kappa shape index (κ3) is 5.33. The van der Waals surface area contributed by atoms with Crippen LogP contribution >= 0.6 is 0 Å². The van der Waals surface area contributed by atoms with Gasteiger partial charge in [-0.05, 0) is 47.9 Å². The van der Waals surface area contributed by atoms with Crippen LogP contribution < -0.4 is 10.6 Å². The molecule has 166 valence electrons. The Bertz CT molecular complexity index is 1290. The molecular formula is C26H23FN4O2. The number of hydrogen-bond acceptors (Lipinski definition) is 3. The predicted octanol–water partition coefficient (Wildman–Crippen LogP) is 4.56. The molecule has 0 radical (unpaired) electrons. The minimum atomic E-state index is -0.601. The van der Waals surface area contributed by atoms with Crippen molar-refractivity contribution in [1.82, 2.24) is 14.9 Å². The minimum Gasteiger partial charge on any atom is -0.348 e. The van der Waals surface area contributed by atoms with Crippen LogP contribution in [0.5, 0.6) is 0 Å². The standard InChI is InChI=1S/C26H23FN4O2/c1-18-10-11-19(14-24(18)30-26(33)22-8-4-5-9-23(22)27)25(32)29-15-20-6-2-3-7-21(20)16-31-13-12-28-17-31/h2-14,17H,15-16H2,1H3,(H,29,32)(H,30,33). The quantitative estimate of drug-likeness (QED) is 0.441. The van der Waals surface area contributed by atoms with Gasteiger partial charge in [-0.1, -0.05) is 42.5 Å². The van der Waals surface area contributed by atoms with Crippen molar-refractivity contribution < 1.29 is 14.0 Å². The van der Waals surface area contributed by atoms with Crippen LogP contribution in [0.25, 0.3) is 0 Å². The van der Waals surface area contributed by atoms with Crippen LogP contribution in [0.3, 0.4) is 0 Å². The highest BCUT2D eigenvalue weighted by molar-refractivity contribution is 6.05. The zero-order valence-electron chi connectivity index (χ0n) is 18.1. The molecule has 0 atom stereocenters.